The summed E-state index contributed by atoms with van der Waals surface area (Å²) in [4.78, 5) is 31.2. The number of nitrogens with two attached hydrogens (primary N) is 4. The quantitative estimate of drug-likeness (QED) is 0.356. The molecule has 2 aromatic rings. The second-order valence-electron chi connectivity index (χ2n) is 4.95. The summed E-state index contributed by atoms with van der Waals surface area (Å²) in [5.41, 5.74) is 12.0. The van der Waals surface area contributed by atoms with Gasteiger partial charge in [0.05, 0.1) is 5.69 Å². The number of aromatic nitrogens is 2. The second kappa shape index (κ2) is 7.30. The number of hydrogen-bond donors (Lipinski definition) is 4. The summed E-state index contributed by atoms with van der Waals surface area (Å²) >= 11 is 5.91. The van der Waals surface area contributed by atoms with Crippen molar-refractivity contribution >= 4 is 35.4 Å². The largest absolute Gasteiger partial charge is 0.350 e. The Balaban J connectivity index is 2.77. The zero-order valence-electron chi connectivity index (χ0n) is 13.3. The van der Waals surface area contributed by atoms with Crippen LogP contribution in [0.5, 0.6) is 0 Å². The molecule has 0 bridgehead atoms. The summed E-state index contributed by atoms with van der Waals surface area (Å²) in [5, 5.41) is 1.72. The summed E-state index contributed by atoms with van der Waals surface area (Å²) in [6.45, 7) is 1.82. The minimum atomic E-state index is -0.977. The molecule has 1 aromatic carbocycles. The molecule has 2 rings (SSSR count). The van der Waals surface area contributed by atoms with Crippen LogP contribution in [0.4, 0.5) is 21.4 Å². The third-order valence-electron chi connectivity index (χ3n) is 3.34. The Hall–Kier alpha value is -2.95. The maximum atomic E-state index is 11.6. The normalized spacial score (nSPS) is 10.4. The molecule has 0 unspecified atom stereocenters. The number of carbonyl (C=O) groups is 2. The van der Waals surface area contributed by atoms with Crippen molar-refractivity contribution in [2.45, 2.75) is 13.3 Å². The predicted molar refractivity (Wildman–Crippen MR) is 94.4 cm³/mol. The number of amides is 4. The Morgan fingerprint density at radius 2 is 1.60 bits per heavy atom. The van der Waals surface area contributed by atoms with Crippen molar-refractivity contribution in [1.82, 2.24) is 9.97 Å². The van der Waals surface area contributed by atoms with Crippen LogP contribution in [-0.2, 0) is 6.42 Å². The van der Waals surface area contributed by atoms with E-state index in [1.54, 1.807) is 24.3 Å². The number of benzene rings is 1. The topological polar surface area (TPSA) is 170 Å². The summed E-state index contributed by atoms with van der Waals surface area (Å²) in [7, 11) is 0. The van der Waals surface area contributed by atoms with Crippen LogP contribution in [0.2, 0.25) is 5.02 Å². The van der Waals surface area contributed by atoms with Crippen LogP contribution in [0.15, 0.2) is 24.3 Å². The molecule has 0 spiro atoms. The SMILES string of the molecule is CCc1nc(N(N)C(N)=O)nc(N(N)C(N)=O)c1-c1ccc(Cl)cc1. The molecule has 0 aliphatic carbocycles. The molecule has 0 fully saturated rings. The highest BCUT2D eigenvalue weighted by Crippen LogP contribution is 2.33. The van der Waals surface area contributed by atoms with Crippen molar-refractivity contribution in [3.05, 3.63) is 35.0 Å². The third-order valence-corrected chi connectivity index (χ3v) is 3.59. The number of urea groups is 2. The number of anilines is 2. The molecule has 25 heavy (non-hydrogen) atoms. The highest BCUT2D eigenvalue weighted by molar-refractivity contribution is 6.30. The van der Waals surface area contributed by atoms with E-state index in [9.17, 15) is 9.59 Å². The summed E-state index contributed by atoms with van der Waals surface area (Å²) in [6, 6.07) is 4.83. The molecule has 0 saturated heterocycles. The lowest BCUT2D eigenvalue weighted by Crippen LogP contribution is -2.45. The van der Waals surface area contributed by atoms with Gasteiger partial charge in [-0.05, 0) is 24.1 Å². The van der Waals surface area contributed by atoms with Gasteiger partial charge in [-0.1, -0.05) is 30.7 Å². The average Bonchev–Trinajstić information content (AvgIpc) is 2.59. The average molecular weight is 365 g/mol. The van der Waals surface area contributed by atoms with Crippen LogP contribution in [0.3, 0.4) is 0 Å². The van der Waals surface area contributed by atoms with Gasteiger partial charge in [-0.2, -0.15) is 9.99 Å². The van der Waals surface area contributed by atoms with Gasteiger partial charge in [0.2, 0.25) is 0 Å². The van der Waals surface area contributed by atoms with E-state index in [2.05, 4.69) is 9.97 Å². The first-order valence-corrected chi connectivity index (χ1v) is 7.49. The van der Waals surface area contributed by atoms with E-state index in [-0.39, 0.29) is 11.8 Å². The number of rotatable bonds is 4. The van der Waals surface area contributed by atoms with E-state index in [0.717, 1.165) is 0 Å². The van der Waals surface area contributed by atoms with Crippen molar-refractivity contribution < 1.29 is 9.59 Å². The van der Waals surface area contributed by atoms with Gasteiger partial charge in [0, 0.05) is 10.6 Å². The van der Waals surface area contributed by atoms with Gasteiger partial charge < -0.3 is 11.5 Å². The molecule has 0 atom stereocenters. The van der Waals surface area contributed by atoms with E-state index < -0.39 is 12.1 Å². The standard InChI is InChI=1S/C14H17ClN8O2/c1-2-9-10(7-3-5-8(15)6-4-7)11(22(18)12(16)24)21-14(20-9)23(19)13(17)25/h3-6H,2,18-19H2,1H3,(H2,16,24)(H2,17,25). The van der Waals surface area contributed by atoms with Crippen LogP contribution < -0.4 is 33.2 Å². The number of primary amides is 2. The van der Waals surface area contributed by atoms with E-state index in [4.69, 9.17) is 34.8 Å². The van der Waals surface area contributed by atoms with Gasteiger partial charge in [0.1, 0.15) is 0 Å². The number of nitrogens with zero attached hydrogens (tertiary/aromatic N) is 4. The third kappa shape index (κ3) is 3.76. The van der Waals surface area contributed by atoms with Gasteiger partial charge in [-0.25, -0.2) is 31.3 Å². The molecule has 0 aliphatic heterocycles. The molecular weight excluding hydrogens is 348 g/mol. The first kappa shape index (κ1) is 18.4. The fourth-order valence-corrected chi connectivity index (χ4v) is 2.26. The van der Waals surface area contributed by atoms with E-state index in [0.29, 0.717) is 38.3 Å². The first-order valence-electron chi connectivity index (χ1n) is 7.11. The number of halogens is 1. The van der Waals surface area contributed by atoms with Crippen LogP contribution in [-0.4, -0.2) is 22.0 Å². The van der Waals surface area contributed by atoms with Crippen LogP contribution >= 0.6 is 11.6 Å². The number of hydrogen-bond acceptors (Lipinski definition) is 6. The molecule has 0 aliphatic rings. The number of hydrazine groups is 2. The zero-order valence-corrected chi connectivity index (χ0v) is 14.1. The van der Waals surface area contributed by atoms with Gasteiger partial charge in [0.15, 0.2) is 5.82 Å². The van der Waals surface area contributed by atoms with Gasteiger partial charge >= 0.3 is 12.1 Å². The predicted octanol–water partition coefficient (Wildman–Crippen LogP) is 0.877. The zero-order chi connectivity index (χ0) is 18.7. The lowest BCUT2D eigenvalue weighted by Gasteiger charge is -2.22. The molecule has 1 aromatic heterocycles. The van der Waals surface area contributed by atoms with Crippen LogP contribution in [0, 0.1) is 0 Å². The second-order valence-corrected chi connectivity index (χ2v) is 5.38. The fraction of sp³-hybridized carbons (Fsp3) is 0.143. The van der Waals surface area contributed by atoms with Crippen molar-refractivity contribution in [2.75, 3.05) is 10.0 Å². The van der Waals surface area contributed by atoms with Crippen LogP contribution in [0.25, 0.3) is 11.1 Å². The van der Waals surface area contributed by atoms with Crippen molar-refractivity contribution in [3.63, 3.8) is 0 Å². The molecule has 4 amide bonds. The highest BCUT2D eigenvalue weighted by atomic mass is 35.5. The number of aryl methyl sites for hydroxylation is 1. The van der Waals surface area contributed by atoms with Gasteiger partial charge in [-0.15, -0.1) is 0 Å². The lowest BCUT2D eigenvalue weighted by molar-refractivity contribution is 0.253. The Kier molecular flexibility index (Phi) is 5.37. The molecule has 132 valence electrons. The summed E-state index contributed by atoms with van der Waals surface area (Å²) < 4.78 is 0. The maximum absolute atomic E-state index is 11.6. The molecule has 10 nitrogen and oxygen atoms in total. The van der Waals surface area contributed by atoms with Crippen molar-refractivity contribution in [1.29, 1.82) is 0 Å². The number of carbonyl (C=O) groups excluding carboxylic acids is 2. The van der Waals surface area contributed by atoms with E-state index in [1.807, 2.05) is 6.92 Å². The molecule has 0 radical (unpaired) electrons. The Bertz CT molecular complexity index is 811. The minimum Gasteiger partial charge on any atom is -0.350 e. The molecule has 1 heterocycles. The van der Waals surface area contributed by atoms with Crippen molar-refractivity contribution in [2.24, 2.45) is 23.2 Å². The van der Waals surface area contributed by atoms with Gasteiger partial charge in [0.25, 0.3) is 5.95 Å². The minimum absolute atomic E-state index is 0.0200. The van der Waals surface area contributed by atoms with Crippen LogP contribution in [0.1, 0.15) is 12.6 Å². The van der Waals surface area contributed by atoms with Gasteiger partial charge in [-0.3, -0.25) is 0 Å². The smallest absolute Gasteiger partial charge is 0.336 e. The lowest BCUT2D eigenvalue weighted by atomic mass is 10.0. The molecule has 11 heteroatoms. The van der Waals surface area contributed by atoms with E-state index in [1.165, 1.54) is 0 Å². The highest BCUT2D eigenvalue weighted by Gasteiger charge is 2.24. The monoisotopic (exact) mass is 364 g/mol. The molecular formula is C14H17ClN8O2. The van der Waals surface area contributed by atoms with E-state index >= 15 is 0 Å². The molecule has 8 N–H and O–H groups in total. The fourth-order valence-electron chi connectivity index (χ4n) is 2.13. The summed E-state index contributed by atoms with van der Waals surface area (Å²) in [5.74, 6) is 11.1. The first-order chi connectivity index (χ1) is 11.8. The van der Waals surface area contributed by atoms with Crippen molar-refractivity contribution in [3.8, 4) is 11.1 Å². The Morgan fingerprint density at radius 1 is 1.04 bits per heavy atom. The molecule has 0 saturated carbocycles. The maximum Gasteiger partial charge on any atom is 0.336 e. The summed E-state index contributed by atoms with van der Waals surface area (Å²) in [6.07, 6.45) is 0.430. The Morgan fingerprint density at radius 3 is 2.08 bits per heavy atom. The Labute approximate surface area is 148 Å².